The molecule has 0 bridgehead atoms. The third-order valence-electron chi connectivity index (χ3n) is 4.21. The zero-order valence-corrected chi connectivity index (χ0v) is 12.9. The second-order valence-electron chi connectivity index (χ2n) is 5.76. The molecule has 0 aromatic heterocycles. The lowest BCUT2D eigenvalue weighted by atomic mass is 10.0. The maximum atomic E-state index is 10.7. The fourth-order valence-corrected chi connectivity index (χ4v) is 2.89. The van der Waals surface area contributed by atoms with E-state index in [1.807, 2.05) is 6.07 Å². The van der Waals surface area contributed by atoms with Crippen molar-refractivity contribution in [2.75, 3.05) is 25.0 Å². The highest BCUT2D eigenvalue weighted by molar-refractivity contribution is 5.61. The van der Waals surface area contributed by atoms with Crippen LogP contribution in [0.2, 0.25) is 0 Å². The van der Waals surface area contributed by atoms with Crippen LogP contribution in [-0.4, -0.2) is 35.5 Å². The van der Waals surface area contributed by atoms with Crippen molar-refractivity contribution in [2.45, 2.75) is 38.6 Å². The molecular formula is C16H22N4O2. The minimum absolute atomic E-state index is 0.0516. The summed E-state index contributed by atoms with van der Waals surface area (Å²) in [7, 11) is 0. The van der Waals surface area contributed by atoms with Gasteiger partial charge in [0.25, 0.3) is 5.69 Å². The standard InChI is InChI=1S/C16H22N4O2/c1-13-5-2-3-9-19(13)10-4-8-18-16-7-6-15(20(21)22)11-14(16)12-17/h6-7,11,13,18H,2-5,8-10H2,1H3. The summed E-state index contributed by atoms with van der Waals surface area (Å²) in [4.78, 5) is 12.7. The molecule has 118 valence electrons. The van der Waals surface area contributed by atoms with E-state index >= 15 is 0 Å². The van der Waals surface area contributed by atoms with Gasteiger partial charge in [-0.1, -0.05) is 6.42 Å². The van der Waals surface area contributed by atoms with Crippen molar-refractivity contribution >= 4 is 11.4 Å². The lowest BCUT2D eigenvalue weighted by molar-refractivity contribution is -0.384. The summed E-state index contributed by atoms with van der Waals surface area (Å²) in [6.45, 7) is 5.25. The van der Waals surface area contributed by atoms with Crippen molar-refractivity contribution in [2.24, 2.45) is 0 Å². The Morgan fingerprint density at radius 1 is 1.50 bits per heavy atom. The van der Waals surface area contributed by atoms with Crippen LogP contribution in [0.25, 0.3) is 0 Å². The number of non-ortho nitro benzene ring substituents is 1. The number of nitrogens with one attached hydrogen (secondary N) is 1. The molecule has 6 nitrogen and oxygen atoms in total. The fourth-order valence-electron chi connectivity index (χ4n) is 2.89. The zero-order chi connectivity index (χ0) is 15.9. The number of hydrogen-bond acceptors (Lipinski definition) is 5. The Balaban J connectivity index is 1.84. The molecule has 1 aromatic carbocycles. The Hall–Kier alpha value is -2.13. The number of nitro groups is 1. The molecule has 0 radical (unpaired) electrons. The summed E-state index contributed by atoms with van der Waals surface area (Å²) in [5.74, 6) is 0. The zero-order valence-electron chi connectivity index (χ0n) is 12.9. The number of likely N-dealkylation sites (tertiary alicyclic amines) is 1. The first-order chi connectivity index (χ1) is 10.6. The number of nitro benzene ring substituents is 1. The largest absolute Gasteiger partial charge is 0.384 e. The van der Waals surface area contributed by atoms with Gasteiger partial charge in [0, 0.05) is 31.3 Å². The van der Waals surface area contributed by atoms with Gasteiger partial charge < -0.3 is 10.2 Å². The second kappa shape index (κ2) is 7.76. The molecule has 1 unspecified atom stereocenters. The quantitative estimate of drug-likeness (QED) is 0.496. The third-order valence-corrected chi connectivity index (χ3v) is 4.21. The Bertz CT molecular complexity index is 568. The maximum Gasteiger partial charge on any atom is 0.270 e. The summed E-state index contributed by atoms with van der Waals surface area (Å²) in [6, 6.07) is 7.02. The lowest BCUT2D eigenvalue weighted by Crippen LogP contribution is -2.38. The molecule has 0 amide bonds. The van der Waals surface area contributed by atoms with Gasteiger partial charge in [-0.15, -0.1) is 0 Å². The van der Waals surface area contributed by atoms with Crippen LogP contribution in [-0.2, 0) is 0 Å². The van der Waals surface area contributed by atoms with Crippen LogP contribution in [0.15, 0.2) is 18.2 Å². The Kier molecular flexibility index (Phi) is 5.73. The molecule has 1 saturated heterocycles. The first-order valence-corrected chi connectivity index (χ1v) is 7.78. The molecular weight excluding hydrogens is 280 g/mol. The van der Waals surface area contributed by atoms with Crippen molar-refractivity contribution < 1.29 is 4.92 Å². The average molecular weight is 302 g/mol. The molecule has 0 saturated carbocycles. The number of hydrogen-bond donors (Lipinski definition) is 1. The average Bonchev–Trinajstić information content (AvgIpc) is 2.53. The van der Waals surface area contributed by atoms with E-state index in [0.717, 1.165) is 19.5 Å². The normalized spacial score (nSPS) is 18.6. The molecule has 1 atom stereocenters. The minimum atomic E-state index is -0.484. The van der Waals surface area contributed by atoms with E-state index in [2.05, 4.69) is 17.1 Å². The van der Waals surface area contributed by atoms with Crippen molar-refractivity contribution in [1.82, 2.24) is 4.90 Å². The lowest BCUT2D eigenvalue weighted by Gasteiger charge is -2.33. The molecule has 1 aliphatic rings. The molecule has 1 aromatic rings. The molecule has 2 rings (SSSR count). The van der Waals surface area contributed by atoms with E-state index in [1.54, 1.807) is 6.07 Å². The van der Waals surface area contributed by atoms with Crippen LogP contribution in [0.5, 0.6) is 0 Å². The van der Waals surface area contributed by atoms with Crippen molar-refractivity contribution in [3.8, 4) is 6.07 Å². The van der Waals surface area contributed by atoms with Gasteiger partial charge in [-0.3, -0.25) is 10.1 Å². The van der Waals surface area contributed by atoms with Gasteiger partial charge in [-0.05, 0) is 38.8 Å². The maximum absolute atomic E-state index is 10.7. The third kappa shape index (κ3) is 4.18. The molecule has 1 heterocycles. The number of benzene rings is 1. The summed E-state index contributed by atoms with van der Waals surface area (Å²) < 4.78 is 0. The predicted octanol–water partition coefficient (Wildman–Crippen LogP) is 3.14. The number of nitriles is 1. The number of rotatable bonds is 6. The van der Waals surface area contributed by atoms with Gasteiger partial charge in [0.05, 0.1) is 16.2 Å². The van der Waals surface area contributed by atoms with E-state index in [-0.39, 0.29) is 5.69 Å². The summed E-state index contributed by atoms with van der Waals surface area (Å²) in [5.41, 5.74) is 0.935. The van der Waals surface area contributed by atoms with E-state index < -0.39 is 4.92 Å². The van der Waals surface area contributed by atoms with Crippen LogP contribution >= 0.6 is 0 Å². The van der Waals surface area contributed by atoms with Gasteiger partial charge in [-0.25, -0.2) is 0 Å². The number of anilines is 1. The van der Waals surface area contributed by atoms with Gasteiger partial charge in [-0.2, -0.15) is 5.26 Å². The Labute approximate surface area is 130 Å². The van der Waals surface area contributed by atoms with E-state index in [4.69, 9.17) is 5.26 Å². The molecule has 22 heavy (non-hydrogen) atoms. The van der Waals surface area contributed by atoms with Gasteiger partial charge in [0.1, 0.15) is 6.07 Å². The smallest absolute Gasteiger partial charge is 0.270 e. The monoisotopic (exact) mass is 302 g/mol. The molecule has 0 aliphatic carbocycles. The molecule has 1 fully saturated rings. The molecule has 6 heteroatoms. The second-order valence-corrected chi connectivity index (χ2v) is 5.76. The van der Waals surface area contributed by atoms with E-state index in [9.17, 15) is 10.1 Å². The van der Waals surface area contributed by atoms with Crippen molar-refractivity contribution in [3.05, 3.63) is 33.9 Å². The van der Waals surface area contributed by atoms with Crippen LogP contribution in [0.4, 0.5) is 11.4 Å². The predicted molar refractivity (Wildman–Crippen MR) is 85.8 cm³/mol. The number of nitrogens with zero attached hydrogens (tertiary/aromatic N) is 3. The Morgan fingerprint density at radius 2 is 2.32 bits per heavy atom. The van der Waals surface area contributed by atoms with Gasteiger partial charge in [0.15, 0.2) is 0 Å². The van der Waals surface area contributed by atoms with Gasteiger partial charge in [0.2, 0.25) is 0 Å². The fraction of sp³-hybridized carbons (Fsp3) is 0.562. The summed E-state index contributed by atoms with van der Waals surface area (Å²) in [5, 5.41) is 23.0. The first-order valence-electron chi connectivity index (χ1n) is 7.78. The van der Waals surface area contributed by atoms with Crippen LogP contribution < -0.4 is 5.32 Å². The highest BCUT2D eigenvalue weighted by atomic mass is 16.6. The number of piperidine rings is 1. The molecule has 0 spiro atoms. The highest BCUT2D eigenvalue weighted by Gasteiger charge is 2.17. The van der Waals surface area contributed by atoms with Crippen LogP contribution in [0.3, 0.4) is 0 Å². The van der Waals surface area contributed by atoms with E-state index in [1.165, 1.54) is 37.9 Å². The highest BCUT2D eigenvalue weighted by Crippen LogP contribution is 2.21. The minimum Gasteiger partial charge on any atom is -0.384 e. The van der Waals surface area contributed by atoms with Gasteiger partial charge >= 0.3 is 0 Å². The SMILES string of the molecule is CC1CCCCN1CCCNc1ccc([N+](=O)[O-])cc1C#N. The summed E-state index contributed by atoms with van der Waals surface area (Å²) in [6.07, 6.45) is 4.86. The first kappa shape index (κ1) is 16.2. The topological polar surface area (TPSA) is 82.2 Å². The van der Waals surface area contributed by atoms with E-state index in [0.29, 0.717) is 17.3 Å². The van der Waals surface area contributed by atoms with Crippen LogP contribution in [0.1, 0.15) is 38.2 Å². The molecule has 1 aliphatic heterocycles. The molecule has 1 N–H and O–H groups in total. The van der Waals surface area contributed by atoms with Crippen molar-refractivity contribution in [1.29, 1.82) is 5.26 Å². The van der Waals surface area contributed by atoms with Crippen LogP contribution in [0, 0.1) is 21.4 Å². The van der Waals surface area contributed by atoms with Crippen molar-refractivity contribution in [3.63, 3.8) is 0 Å². The summed E-state index contributed by atoms with van der Waals surface area (Å²) >= 11 is 0. The Morgan fingerprint density at radius 3 is 3.00 bits per heavy atom.